The SMILES string of the molecule is Cc1ccc(Br)c(C(Br)c2cc(C)c(Br)s2)c1. The molecule has 0 saturated heterocycles. The summed E-state index contributed by atoms with van der Waals surface area (Å²) in [5.74, 6) is 0. The normalized spacial score (nSPS) is 12.8. The average Bonchev–Trinajstić information content (AvgIpc) is 2.62. The fraction of sp³-hybridized carbons (Fsp3) is 0.231. The summed E-state index contributed by atoms with van der Waals surface area (Å²) in [7, 11) is 0. The first-order valence-electron chi connectivity index (χ1n) is 5.15. The van der Waals surface area contributed by atoms with Crippen LogP contribution in [0.25, 0.3) is 0 Å². The Kier molecular flexibility index (Phi) is 4.50. The fourth-order valence-electron chi connectivity index (χ4n) is 1.62. The van der Waals surface area contributed by atoms with E-state index in [1.165, 1.54) is 25.4 Å². The molecule has 1 aromatic carbocycles. The van der Waals surface area contributed by atoms with Crippen LogP contribution in [0.2, 0.25) is 0 Å². The smallest absolute Gasteiger partial charge is 0.0749 e. The lowest BCUT2D eigenvalue weighted by Crippen LogP contribution is -1.92. The van der Waals surface area contributed by atoms with Crippen LogP contribution in [0.15, 0.2) is 32.5 Å². The molecule has 2 aromatic rings. The molecule has 2 rings (SSSR count). The highest BCUT2D eigenvalue weighted by atomic mass is 79.9. The van der Waals surface area contributed by atoms with Gasteiger partial charge in [-0.3, -0.25) is 0 Å². The van der Waals surface area contributed by atoms with Crippen LogP contribution in [0.3, 0.4) is 0 Å². The van der Waals surface area contributed by atoms with Crippen molar-refractivity contribution in [3.8, 4) is 0 Å². The Morgan fingerprint density at radius 2 is 1.82 bits per heavy atom. The number of hydrogen-bond acceptors (Lipinski definition) is 1. The minimum atomic E-state index is 0.242. The van der Waals surface area contributed by atoms with E-state index >= 15 is 0 Å². The summed E-state index contributed by atoms with van der Waals surface area (Å²) >= 11 is 12.8. The molecule has 0 amide bonds. The van der Waals surface area contributed by atoms with Crippen LogP contribution in [0.1, 0.15) is 26.4 Å². The number of benzene rings is 1. The van der Waals surface area contributed by atoms with Crippen LogP contribution < -0.4 is 0 Å². The van der Waals surface area contributed by atoms with Gasteiger partial charge in [-0.05, 0) is 53.0 Å². The Morgan fingerprint density at radius 1 is 1.12 bits per heavy atom. The summed E-state index contributed by atoms with van der Waals surface area (Å²) in [5.41, 5.74) is 3.84. The number of alkyl halides is 1. The molecule has 0 aliphatic heterocycles. The summed E-state index contributed by atoms with van der Waals surface area (Å²) in [6.45, 7) is 4.24. The van der Waals surface area contributed by atoms with Crippen molar-refractivity contribution in [2.75, 3.05) is 0 Å². The Balaban J connectivity index is 2.42. The van der Waals surface area contributed by atoms with Crippen LogP contribution in [0.4, 0.5) is 0 Å². The molecule has 0 N–H and O–H groups in total. The molecule has 0 bridgehead atoms. The van der Waals surface area contributed by atoms with E-state index in [1.54, 1.807) is 11.3 Å². The Hall–Kier alpha value is 0.360. The van der Waals surface area contributed by atoms with Crippen LogP contribution >= 0.6 is 59.1 Å². The van der Waals surface area contributed by atoms with Gasteiger partial charge in [-0.25, -0.2) is 0 Å². The van der Waals surface area contributed by atoms with Gasteiger partial charge in [0.1, 0.15) is 0 Å². The zero-order valence-electron chi connectivity index (χ0n) is 9.43. The van der Waals surface area contributed by atoms with Crippen LogP contribution in [0.5, 0.6) is 0 Å². The summed E-state index contributed by atoms with van der Waals surface area (Å²) in [6, 6.07) is 8.66. The van der Waals surface area contributed by atoms with Gasteiger partial charge in [0.2, 0.25) is 0 Å². The Bertz CT molecular complexity index is 526. The second kappa shape index (κ2) is 5.55. The molecule has 1 aromatic heterocycles. The lowest BCUT2D eigenvalue weighted by molar-refractivity contribution is 1.19. The molecule has 0 fully saturated rings. The van der Waals surface area contributed by atoms with E-state index in [4.69, 9.17) is 0 Å². The van der Waals surface area contributed by atoms with E-state index in [-0.39, 0.29) is 4.83 Å². The molecule has 0 spiro atoms. The van der Waals surface area contributed by atoms with Gasteiger partial charge in [-0.2, -0.15) is 0 Å². The quantitative estimate of drug-likeness (QED) is 0.477. The van der Waals surface area contributed by atoms with E-state index in [9.17, 15) is 0 Å². The van der Waals surface area contributed by atoms with E-state index in [1.807, 2.05) is 0 Å². The topological polar surface area (TPSA) is 0 Å². The van der Waals surface area contributed by atoms with Gasteiger partial charge in [0, 0.05) is 9.35 Å². The number of hydrogen-bond donors (Lipinski definition) is 0. The van der Waals surface area contributed by atoms with Crippen molar-refractivity contribution in [2.45, 2.75) is 18.7 Å². The molecule has 17 heavy (non-hydrogen) atoms. The third-order valence-corrected chi connectivity index (χ3v) is 6.76. The van der Waals surface area contributed by atoms with E-state index in [2.05, 4.69) is 85.9 Å². The second-order valence-electron chi connectivity index (χ2n) is 3.99. The maximum absolute atomic E-state index is 3.79. The molecule has 0 aliphatic rings. The van der Waals surface area contributed by atoms with E-state index < -0.39 is 0 Å². The maximum atomic E-state index is 3.79. The van der Waals surface area contributed by atoms with Crippen LogP contribution in [0, 0.1) is 13.8 Å². The predicted molar refractivity (Wildman–Crippen MR) is 86.4 cm³/mol. The first kappa shape index (κ1) is 13.8. The highest BCUT2D eigenvalue weighted by Gasteiger charge is 2.16. The summed E-state index contributed by atoms with van der Waals surface area (Å²) in [5, 5.41) is 0. The molecule has 0 saturated carbocycles. The van der Waals surface area contributed by atoms with Gasteiger partial charge in [-0.1, -0.05) is 49.6 Å². The van der Waals surface area contributed by atoms with Crippen molar-refractivity contribution < 1.29 is 0 Å². The zero-order valence-corrected chi connectivity index (χ0v) is 15.0. The molecule has 4 heteroatoms. The Labute approximate surface area is 131 Å². The zero-order chi connectivity index (χ0) is 12.6. The first-order chi connectivity index (χ1) is 7.99. The molecule has 0 aliphatic carbocycles. The van der Waals surface area contributed by atoms with Gasteiger partial charge < -0.3 is 0 Å². The van der Waals surface area contributed by atoms with Crippen LogP contribution in [-0.4, -0.2) is 0 Å². The summed E-state index contributed by atoms with van der Waals surface area (Å²) in [6.07, 6.45) is 0. The molecular weight excluding hydrogens is 428 g/mol. The maximum Gasteiger partial charge on any atom is 0.0749 e. The van der Waals surface area contributed by atoms with Crippen molar-refractivity contribution in [1.29, 1.82) is 0 Å². The molecule has 1 heterocycles. The molecular formula is C13H11Br3S. The van der Waals surface area contributed by atoms with Gasteiger partial charge >= 0.3 is 0 Å². The second-order valence-corrected chi connectivity index (χ2v) is 8.16. The molecule has 1 unspecified atom stereocenters. The third kappa shape index (κ3) is 3.03. The standard InChI is InChI=1S/C13H11Br3S/c1-7-3-4-10(14)9(5-7)12(15)11-6-8(2)13(16)17-11/h3-6,12H,1-2H3. The average molecular weight is 439 g/mol. The highest BCUT2D eigenvalue weighted by molar-refractivity contribution is 9.11. The van der Waals surface area contributed by atoms with Gasteiger partial charge in [0.05, 0.1) is 8.61 Å². The highest BCUT2D eigenvalue weighted by Crippen LogP contribution is 2.41. The summed E-state index contributed by atoms with van der Waals surface area (Å²) in [4.78, 5) is 1.56. The minimum absolute atomic E-state index is 0.242. The van der Waals surface area contributed by atoms with E-state index in [0.29, 0.717) is 0 Å². The first-order valence-corrected chi connectivity index (χ1v) is 8.47. The number of rotatable bonds is 2. The van der Waals surface area contributed by atoms with Crippen molar-refractivity contribution >= 4 is 59.1 Å². The number of halogens is 3. The molecule has 90 valence electrons. The monoisotopic (exact) mass is 436 g/mol. The van der Waals surface area contributed by atoms with Crippen LogP contribution in [-0.2, 0) is 0 Å². The van der Waals surface area contributed by atoms with E-state index in [0.717, 1.165) is 4.47 Å². The van der Waals surface area contributed by atoms with Gasteiger partial charge in [0.25, 0.3) is 0 Å². The van der Waals surface area contributed by atoms with Crippen molar-refractivity contribution in [3.63, 3.8) is 0 Å². The fourth-order valence-corrected chi connectivity index (χ4v) is 4.76. The molecule has 0 nitrogen and oxygen atoms in total. The lowest BCUT2D eigenvalue weighted by atomic mass is 10.1. The molecule has 1 atom stereocenters. The lowest BCUT2D eigenvalue weighted by Gasteiger charge is -2.11. The van der Waals surface area contributed by atoms with Crippen molar-refractivity contribution in [3.05, 3.63) is 54.1 Å². The number of aryl methyl sites for hydroxylation is 2. The van der Waals surface area contributed by atoms with Gasteiger partial charge in [0.15, 0.2) is 0 Å². The van der Waals surface area contributed by atoms with Crippen molar-refractivity contribution in [2.24, 2.45) is 0 Å². The number of thiophene rings is 1. The minimum Gasteiger partial charge on any atom is -0.131 e. The predicted octanol–water partition coefficient (Wildman–Crippen LogP) is 6.37. The third-order valence-electron chi connectivity index (χ3n) is 2.55. The Morgan fingerprint density at radius 3 is 2.41 bits per heavy atom. The molecule has 0 radical (unpaired) electrons. The summed E-state index contributed by atoms with van der Waals surface area (Å²) < 4.78 is 2.35. The van der Waals surface area contributed by atoms with Crippen molar-refractivity contribution in [1.82, 2.24) is 0 Å². The van der Waals surface area contributed by atoms with Gasteiger partial charge in [-0.15, -0.1) is 11.3 Å². The largest absolute Gasteiger partial charge is 0.131 e.